The summed E-state index contributed by atoms with van der Waals surface area (Å²) < 4.78 is 7.08. The second-order valence-corrected chi connectivity index (χ2v) is 4.74. The topological polar surface area (TPSA) is 66.0 Å². The fourth-order valence-electron chi connectivity index (χ4n) is 1.98. The number of halogens is 1. The average Bonchev–Trinajstić information content (AvgIpc) is 2.77. The normalized spacial score (nSPS) is 10.9. The van der Waals surface area contributed by atoms with Gasteiger partial charge in [-0.05, 0) is 30.7 Å². The number of aryl methyl sites for hydroxylation is 1. The van der Waals surface area contributed by atoms with Gasteiger partial charge >= 0.3 is 0 Å². The molecule has 0 spiro atoms. The predicted molar refractivity (Wildman–Crippen MR) is 75.0 cm³/mol. The van der Waals surface area contributed by atoms with Gasteiger partial charge < -0.3 is 15.0 Å². The van der Waals surface area contributed by atoms with E-state index in [1.807, 2.05) is 29.7 Å². The van der Waals surface area contributed by atoms with Gasteiger partial charge in [0.05, 0.1) is 13.2 Å². The first-order valence-corrected chi connectivity index (χ1v) is 6.42. The van der Waals surface area contributed by atoms with Crippen molar-refractivity contribution in [1.82, 2.24) is 14.8 Å². The first kappa shape index (κ1) is 14.0. The first-order valence-electron chi connectivity index (χ1n) is 6.04. The van der Waals surface area contributed by atoms with E-state index in [4.69, 9.17) is 22.1 Å². The molecule has 0 saturated carbocycles. The molecule has 1 aromatic heterocycles. The molecule has 2 aromatic rings. The van der Waals surface area contributed by atoms with Gasteiger partial charge in [0, 0.05) is 24.2 Å². The summed E-state index contributed by atoms with van der Waals surface area (Å²) in [5.74, 6) is 1.51. The molecule has 6 heteroatoms. The van der Waals surface area contributed by atoms with E-state index in [0.717, 1.165) is 22.8 Å². The Balaban J connectivity index is 2.45. The highest BCUT2D eigenvalue weighted by atomic mass is 35.5. The van der Waals surface area contributed by atoms with Gasteiger partial charge in [-0.1, -0.05) is 11.6 Å². The highest BCUT2D eigenvalue weighted by molar-refractivity contribution is 6.30. The Kier molecular flexibility index (Phi) is 4.52. The van der Waals surface area contributed by atoms with Crippen molar-refractivity contribution in [1.29, 1.82) is 0 Å². The van der Waals surface area contributed by atoms with E-state index in [1.165, 1.54) is 0 Å². The number of nitrogens with two attached hydrogens (primary N) is 1. The third-order valence-electron chi connectivity index (χ3n) is 2.83. The quantitative estimate of drug-likeness (QED) is 0.910. The van der Waals surface area contributed by atoms with Crippen LogP contribution in [0.4, 0.5) is 0 Å². The van der Waals surface area contributed by atoms with E-state index < -0.39 is 0 Å². The number of ether oxygens (including phenoxy) is 1. The van der Waals surface area contributed by atoms with Crippen LogP contribution in [0.25, 0.3) is 11.4 Å². The number of hydrogen-bond acceptors (Lipinski definition) is 4. The van der Waals surface area contributed by atoms with Gasteiger partial charge in [0.1, 0.15) is 5.82 Å². The molecular formula is C13H17ClN4O. The minimum Gasteiger partial charge on any atom is -0.383 e. The zero-order valence-electron chi connectivity index (χ0n) is 11.1. The van der Waals surface area contributed by atoms with Crippen molar-refractivity contribution < 1.29 is 4.74 Å². The van der Waals surface area contributed by atoms with Crippen LogP contribution >= 0.6 is 11.6 Å². The second-order valence-electron chi connectivity index (χ2n) is 4.31. The highest BCUT2D eigenvalue weighted by Gasteiger charge is 2.13. The molecule has 1 aromatic carbocycles. The van der Waals surface area contributed by atoms with Crippen molar-refractivity contribution in [2.75, 3.05) is 13.7 Å². The molecule has 0 radical (unpaired) electrons. The summed E-state index contributed by atoms with van der Waals surface area (Å²) >= 11 is 6.09. The third-order valence-corrected chi connectivity index (χ3v) is 3.05. The Labute approximate surface area is 117 Å². The van der Waals surface area contributed by atoms with Crippen LogP contribution in [0.2, 0.25) is 5.02 Å². The standard InChI is InChI=1S/C13H17ClN4O/c1-9-5-10(7-11(14)6-9)13-17-16-12(8-15)18(13)3-4-19-2/h5-7H,3-4,8,15H2,1-2H3. The summed E-state index contributed by atoms with van der Waals surface area (Å²) in [6, 6.07) is 5.81. The molecule has 0 atom stereocenters. The molecule has 19 heavy (non-hydrogen) atoms. The Morgan fingerprint density at radius 3 is 2.74 bits per heavy atom. The number of methoxy groups -OCH3 is 1. The maximum absolute atomic E-state index is 6.09. The molecule has 102 valence electrons. The summed E-state index contributed by atoms with van der Waals surface area (Å²) in [4.78, 5) is 0. The lowest BCUT2D eigenvalue weighted by Gasteiger charge is -2.09. The highest BCUT2D eigenvalue weighted by Crippen LogP contribution is 2.24. The van der Waals surface area contributed by atoms with Gasteiger partial charge in [0.15, 0.2) is 5.82 Å². The molecule has 0 saturated heterocycles. The van der Waals surface area contributed by atoms with Crippen LogP contribution in [0.5, 0.6) is 0 Å². The maximum atomic E-state index is 6.09. The van der Waals surface area contributed by atoms with Gasteiger partial charge in [-0.3, -0.25) is 0 Å². The lowest BCUT2D eigenvalue weighted by Crippen LogP contribution is -2.12. The smallest absolute Gasteiger partial charge is 0.164 e. The zero-order chi connectivity index (χ0) is 13.8. The Bertz CT molecular complexity index is 548. The number of hydrogen-bond donors (Lipinski definition) is 1. The van der Waals surface area contributed by atoms with Crippen LogP contribution in [0.15, 0.2) is 18.2 Å². The Morgan fingerprint density at radius 2 is 2.11 bits per heavy atom. The Hall–Kier alpha value is -1.43. The fraction of sp³-hybridized carbons (Fsp3) is 0.385. The molecule has 0 bridgehead atoms. The summed E-state index contributed by atoms with van der Waals surface area (Å²) in [6.07, 6.45) is 0. The van der Waals surface area contributed by atoms with E-state index in [2.05, 4.69) is 10.2 Å². The molecule has 0 fully saturated rings. The zero-order valence-corrected chi connectivity index (χ0v) is 11.8. The van der Waals surface area contributed by atoms with Crippen molar-refractivity contribution in [2.24, 2.45) is 5.73 Å². The lowest BCUT2D eigenvalue weighted by molar-refractivity contribution is 0.186. The molecule has 2 rings (SSSR count). The molecule has 0 amide bonds. The number of aromatic nitrogens is 3. The van der Waals surface area contributed by atoms with Crippen molar-refractivity contribution >= 4 is 11.6 Å². The molecule has 5 nitrogen and oxygen atoms in total. The van der Waals surface area contributed by atoms with Crippen molar-refractivity contribution in [3.05, 3.63) is 34.6 Å². The van der Waals surface area contributed by atoms with Gasteiger partial charge in [0.2, 0.25) is 0 Å². The third kappa shape index (κ3) is 3.12. The Morgan fingerprint density at radius 1 is 1.32 bits per heavy atom. The maximum Gasteiger partial charge on any atom is 0.164 e. The fourth-order valence-corrected chi connectivity index (χ4v) is 2.27. The van der Waals surface area contributed by atoms with Gasteiger partial charge in [-0.25, -0.2) is 0 Å². The minimum atomic E-state index is 0.344. The molecule has 0 unspecified atom stereocenters. The van der Waals surface area contributed by atoms with E-state index in [0.29, 0.717) is 24.7 Å². The van der Waals surface area contributed by atoms with Gasteiger partial charge in [-0.2, -0.15) is 0 Å². The molecule has 0 aliphatic rings. The van der Waals surface area contributed by atoms with E-state index in [-0.39, 0.29) is 0 Å². The summed E-state index contributed by atoms with van der Waals surface area (Å²) in [5.41, 5.74) is 7.70. The van der Waals surface area contributed by atoms with Crippen LogP contribution in [-0.4, -0.2) is 28.5 Å². The molecule has 1 heterocycles. The van der Waals surface area contributed by atoms with Crippen LogP contribution in [0.3, 0.4) is 0 Å². The van der Waals surface area contributed by atoms with E-state index in [1.54, 1.807) is 7.11 Å². The van der Waals surface area contributed by atoms with Crippen LogP contribution in [0, 0.1) is 6.92 Å². The summed E-state index contributed by atoms with van der Waals surface area (Å²) in [6.45, 7) is 3.58. The van der Waals surface area contributed by atoms with E-state index in [9.17, 15) is 0 Å². The van der Waals surface area contributed by atoms with E-state index >= 15 is 0 Å². The van der Waals surface area contributed by atoms with Crippen LogP contribution in [-0.2, 0) is 17.8 Å². The van der Waals surface area contributed by atoms with Crippen molar-refractivity contribution in [3.63, 3.8) is 0 Å². The number of benzene rings is 1. The van der Waals surface area contributed by atoms with Gasteiger partial charge in [0.25, 0.3) is 0 Å². The van der Waals surface area contributed by atoms with Gasteiger partial charge in [-0.15, -0.1) is 10.2 Å². The first-order chi connectivity index (χ1) is 9.15. The largest absolute Gasteiger partial charge is 0.383 e. The molecule has 0 aliphatic heterocycles. The predicted octanol–water partition coefficient (Wildman–Crippen LogP) is 2.01. The number of nitrogens with zero attached hydrogens (tertiary/aromatic N) is 3. The van der Waals surface area contributed by atoms with Crippen molar-refractivity contribution in [2.45, 2.75) is 20.0 Å². The van der Waals surface area contributed by atoms with Crippen LogP contribution in [0.1, 0.15) is 11.4 Å². The second kappa shape index (κ2) is 6.14. The lowest BCUT2D eigenvalue weighted by atomic mass is 10.1. The minimum absolute atomic E-state index is 0.344. The summed E-state index contributed by atoms with van der Waals surface area (Å²) in [7, 11) is 1.66. The molecule has 0 aliphatic carbocycles. The monoisotopic (exact) mass is 280 g/mol. The average molecular weight is 281 g/mol. The molecule has 2 N–H and O–H groups in total. The number of rotatable bonds is 5. The van der Waals surface area contributed by atoms with Crippen molar-refractivity contribution in [3.8, 4) is 11.4 Å². The molecular weight excluding hydrogens is 264 g/mol. The van der Waals surface area contributed by atoms with Crippen LogP contribution < -0.4 is 5.73 Å². The summed E-state index contributed by atoms with van der Waals surface area (Å²) in [5, 5.41) is 9.01. The SMILES string of the molecule is COCCn1c(CN)nnc1-c1cc(C)cc(Cl)c1.